The van der Waals surface area contributed by atoms with Gasteiger partial charge in [0.05, 0.1) is 24.0 Å². The molecule has 0 radical (unpaired) electrons. The van der Waals surface area contributed by atoms with Crippen molar-refractivity contribution in [1.82, 2.24) is 39.7 Å². The van der Waals surface area contributed by atoms with Crippen molar-refractivity contribution in [3.63, 3.8) is 0 Å². The van der Waals surface area contributed by atoms with Gasteiger partial charge in [-0.25, -0.2) is 9.78 Å². The van der Waals surface area contributed by atoms with Crippen molar-refractivity contribution in [2.75, 3.05) is 25.6 Å². The van der Waals surface area contributed by atoms with Crippen molar-refractivity contribution >= 4 is 23.5 Å². The number of pyridine rings is 2. The molecule has 1 aliphatic rings. The van der Waals surface area contributed by atoms with Crippen LogP contribution in [0.4, 0.5) is 15.0 Å². The lowest BCUT2D eigenvalue weighted by Gasteiger charge is -2.15. The van der Waals surface area contributed by atoms with Crippen LogP contribution in [0, 0.1) is 5.95 Å². The van der Waals surface area contributed by atoms with Gasteiger partial charge in [0.1, 0.15) is 24.6 Å². The van der Waals surface area contributed by atoms with Crippen molar-refractivity contribution < 1.29 is 18.7 Å². The number of carbonyl (C=O) groups excluding carboxylic acids is 1. The molecular weight excluding hydrogens is 569 g/mol. The molecule has 5 heterocycles. The highest BCUT2D eigenvalue weighted by molar-refractivity contribution is 6.31. The summed E-state index contributed by atoms with van der Waals surface area (Å²) in [6, 6.07) is 11.2. The Bertz CT molecular complexity index is 1810. The summed E-state index contributed by atoms with van der Waals surface area (Å²) in [7, 11) is 1.50. The molecule has 0 fully saturated rings. The molecule has 0 saturated heterocycles. The lowest BCUT2D eigenvalue weighted by atomic mass is 10.0. The van der Waals surface area contributed by atoms with E-state index in [0.29, 0.717) is 40.2 Å². The minimum atomic E-state index is -0.710. The van der Waals surface area contributed by atoms with Gasteiger partial charge in [-0.2, -0.15) is 14.1 Å². The van der Waals surface area contributed by atoms with Gasteiger partial charge in [0, 0.05) is 41.2 Å². The zero-order chi connectivity index (χ0) is 29.2. The standard InChI is InChI=1S/C27H23ClFN9O4/c1-41-8-9-42-27(40)32-22-7-2-15(13-30-22)26-33-24(25(29)34-26)21-6-4-18-10-16(11-23(39)38(18)21)19-12-17(28)3-5-20(19)37-14-31-35-36-37/h2-3,5,7,10-14,21H,4,6,8-9H2,1H3,(H,33,34)(H,30,32,40)/t21-/m0/s1. The van der Waals surface area contributed by atoms with E-state index in [4.69, 9.17) is 21.1 Å². The van der Waals surface area contributed by atoms with Crippen LogP contribution >= 0.6 is 11.6 Å². The van der Waals surface area contributed by atoms with E-state index in [1.165, 1.54) is 30.4 Å². The number of aryl methyl sites for hydroxylation is 1. The van der Waals surface area contributed by atoms with Gasteiger partial charge in [0.2, 0.25) is 5.95 Å². The average Bonchev–Trinajstić information content (AvgIpc) is 3.74. The van der Waals surface area contributed by atoms with E-state index in [1.807, 2.05) is 6.07 Å². The summed E-state index contributed by atoms with van der Waals surface area (Å²) >= 11 is 6.28. The fourth-order valence-corrected chi connectivity index (χ4v) is 5.10. The van der Waals surface area contributed by atoms with Gasteiger partial charge in [-0.05, 0) is 65.2 Å². The van der Waals surface area contributed by atoms with Crippen LogP contribution in [-0.2, 0) is 15.9 Å². The number of aromatic nitrogens is 8. The summed E-state index contributed by atoms with van der Waals surface area (Å²) in [5.74, 6) is -0.214. The Morgan fingerprint density at radius 1 is 1.19 bits per heavy atom. The number of amides is 1. The normalized spacial score (nSPS) is 14.1. The maximum Gasteiger partial charge on any atom is 0.412 e. The van der Waals surface area contributed by atoms with Crippen molar-refractivity contribution in [1.29, 1.82) is 0 Å². The first-order chi connectivity index (χ1) is 20.4. The first kappa shape index (κ1) is 27.2. The Hall–Kier alpha value is -4.95. The van der Waals surface area contributed by atoms with Crippen molar-refractivity contribution in [3.05, 3.63) is 87.7 Å². The third-order valence-electron chi connectivity index (χ3n) is 6.81. The van der Waals surface area contributed by atoms with Crippen molar-refractivity contribution in [2.45, 2.75) is 18.9 Å². The van der Waals surface area contributed by atoms with E-state index in [2.05, 4.69) is 35.8 Å². The highest BCUT2D eigenvalue weighted by atomic mass is 35.5. The van der Waals surface area contributed by atoms with Gasteiger partial charge >= 0.3 is 6.09 Å². The molecule has 0 saturated carbocycles. The van der Waals surface area contributed by atoms with Gasteiger partial charge in [0.25, 0.3) is 5.56 Å². The van der Waals surface area contributed by atoms with Gasteiger partial charge in [-0.3, -0.25) is 10.1 Å². The maximum atomic E-state index is 15.2. The summed E-state index contributed by atoms with van der Waals surface area (Å²) in [4.78, 5) is 36.5. The van der Waals surface area contributed by atoms with Gasteiger partial charge < -0.3 is 19.0 Å². The summed E-state index contributed by atoms with van der Waals surface area (Å²) in [5, 5.41) is 14.3. The number of fused-ring (bicyclic) bond motifs is 1. The number of hydrogen-bond acceptors (Lipinski definition) is 9. The highest BCUT2D eigenvalue weighted by Crippen LogP contribution is 2.35. The molecule has 1 amide bonds. The second-order valence-corrected chi connectivity index (χ2v) is 9.83. The number of rotatable bonds is 8. The Balaban J connectivity index is 1.25. The summed E-state index contributed by atoms with van der Waals surface area (Å²) < 4.78 is 28.0. The number of imidazole rings is 1. The third-order valence-corrected chi connectivity index (χ3v) is 7.04. The molecule has 13 nitrogen and oxygen atoms in total. The number of halogens is 2. The number of nitrogens with one attached hydrogen (secondary N) is 2. The molecule has 42 heavy (non-hydrogen) atoms. The topological polar surface area (TPSA) is 155 Å². The number of hydrogen-bond donors (Lipinski definition) is 2. The number of aromatic amines is 1. The Labute approximate surface area is 242 Å². The van der Waals surface area contributed by atoms with Crippen LogP contribution in [-0.4, -0.2) is 66.1 Å². The number of H-pyrrole nitrogens is 1. The van der Waals surface area contributed by atoms with Crippen LogP contribution in [0.15, 0.2) is 59.8 Å². The Morgan fingerprint density at radius 2 is 2.07 bits per heavy atom. The van der Waals surface area contributed by atoms with E-state index in [9.17, 15) is 9.59 Å². The number of carbonyl (C=O) groups is 1. The largest absolute Gasteiger partial charge is 0.447 e. The molecule has 0 aliphatic carbocycles. The molecule has 4 aromatic heterocycles. The fourth-order valence-electron chi connectivity index (χ4n) is 4.92. The second kappa shape index (κ2) is 11.5. The maximum absolute atomic E-state index is 15.2. The molecule has 2 N–H and O–H groups in total. The SMILES string of the molecule is COCCOC(=O)Nc1ccc(-c2nc(F)c([C@@H]3CCc4cc(-c5cc(Cl)ccc5-n5cnnn5)cc(=O)n43)[nH]2)cn1. The Kier molecular flexibility index (Phi) is 7.46. The number of tetrazole rings is 1. The smallest absolute Gasteiger partial charge is 0.412 e. The third kappa shape index (κ3) is 5.36. The monoisotopic (exact) mass is 591 g/mol. The molecule has 1 aromatic carbocycles. The van der Waals surface area contributed by atoms with Crippen LogP contribution in [0.2, 0.25) is 5.02 Å². The van der Waals surface area contributed by atoms with Gasteiger partial charge in [0.15, 0.2) is 0 Å². The summed E-state index contributed by atoms with van der Waals surface area (Å²) in [6.45, 7) is 0.377. The molecule has 214 valence electrons. The average molecular weight is 592 g/mol. The van der Waals surface area contributed by atoms with Gasteiger partial charge in [-0.15, -0.1) is 5.10 Å². The first-order valence-electron chi connectivity index (χ1n) is 12.8. The highest BCUT2D eigenvalue weighted by Gasteiger charge is 2.30. The van der Waals surface area contributed by atoms with E-state index in [0.717, 1.165) is 5.69 Å². The Morgan fingerprint density at radius 3 is 2.83 bits per heavy atom. The van der Waals surface area contributed by atoms with Crippen LogP contribution in [0.3, 0.4) is 0 Å². The second-order valence-electron chi connectivity index (χ2n) is 9.39. The molecule has 15 heteroatoms. The van der Waals surface area contributed by atoms with Crippen LogP contribution in [0.1, 0.15) is 23.9 Å². The zero-order valence-corrected chi connectivity index (χ0v) is 22.9. The van der Waals surface area contributed by atoms with Crippen molar-refractivity contribution in [3.8, 4) is 28.2 Å². The van der Waals surface area contributed by atoms with Crippen molar-refractivity contribution in [2.24, 2.45) is 0 Å². The molecular formula is C27H23ClFN9O4. The minimum absolute atomic E-state index is 0.103. The predicted octanol–water partition coefficient (Wildman–Crippen LogP) is 3.80. The molecule has 1 atom stereocenters. The number of benzene rings is 1. The van der Waals surface area contributed by atoms with E-state index < -0.39 is 18.1 Å². The molecule has 0 unspecified atom stereocenters. The zero-order valence-electron chi connectivity index (χ0n) is 22.1. The van der Waals surface area contributed by atoms with Crippen LogP contribution < -0.4 is 10.9 Å². The molecule has 0 spiro atoms. The molecule has 6 rings (SSSR count). The summed E-state index contributed by atoms with van der Waals surface area (Å²) in [5.41, 5.74) is 3.13. The number of ether oxygens (including phenoxy) is 2. The van der Waals surface area contributed by atoms with Gasteiger partial charge in [-0.1, -0.05) is 11.6 Å². The molecule has 1 aliphatic heterocycles. The number of methoxy groups -OCH3 is 1. The quantitative estimate of drug-likeness (QED) is 0.256. The van der Waals surface area contributed by atoms with E-state index in [-0.39, 0.29) is 36.1 Å². The minimum Gasteiger partial charge on any atom is -0.447 e. The molecule has 5 aromatic rings. The first-order valence-corrected chi connectivity index (χ1v) is 13.2. The van der Waals surface area contributed by atoms with E-state index >= 15 is 4.39 Å². The summed E-state index contributed by atoms with van der Waals surface area (Å²) in [6.07, 6.45) is 3.28. The van der Waals surface area contributed by atoms with Crippen LogP contribution in [0.25, 0.3) is 28.2 Å². The van der Waals surface area contributed by atoms with E-state index in [1.54, 1.807) is 34.9 Å². The lowest BCUT2D eigenvalue weighted by molar-refractivity contribution is 0.107. The lowest BCUT2D eigenvalue weighted by Crippen LogP contribution is -2.24. The van der Waals surface area contributed by atoms with Crippen LogP contribution in [0.5, 0.6) is 0 Å². The number of nitrogens with zero attached hydrogens (tertiary/aromatic N) is 7. The fraction of sp³-hybridized carbons (Fsp3) is 0.222. The predicted molar refractivity (Wildman–Crippen MR) is 149 cm³/mol. The molecule has 0 bridgehead atoms. The number of anilines is 1.